The zero-order valence-electron chi connectivity index (χ0n) is 6.42. The van der Waals surface area contributed by atoms with Gasteiger partial charge in [0.15, 0.2) is 0 Å². The number of halogens is 1. The van der Waals surface area contributed by atoms with Crippen molar-refractivity contribution in [2.45, 2.75) is 19.9 Å². The average Bonchev–Trinajstić information content (AvgIpc) is 1.64. The summed E-state index contributed by atoms with van der Waals surface area (Å²) < 4.78 is 0. The summed E-state index contributed by atoms with van der Waals surface area (Å²) in [6, 6.07) is -0.412. The molecule has 0 aliphatic heterocycles. The van der Waals surface area contributed by atoms with E-state index < -0.39 is 12.0 Å². The van der Waals surface area contributed by atoms with Crippen LogP contribution < -0.4 is 5.32 Å². The molecule has 0 rings (SSSR count). The van der Waals surface area contributed by atoms with Crippen LogP contribution >= 0.6 is 17.0 Å². The Labute approximate surface area is 71.6 Å². The fraction of sp³-hybridized carbons (Fsp3) is 0.833. The van der Waals surface area contributed by atoms with Crippen molar-refractivity contribution in [3.8, 4) is 0 Å². The fourth-order valence-electron chi connectivity index (χ4n) is 0.742. The van der Waals surface area contributed by atoms with Crippen molar-refractivity contribution < 1.29 is 9.90 Å². The maximum atomic E-state index is 10.3. The van der Waals surface area contributed by atoms with Crippen LogP contribution in [0.2, 0.25) is 0 Å². The van der Waals surface area contributed by atoms with Gasteiger partial charge in [0.1, 0.15) is 6.04 Å². The highest BCUT2D eigenvalue weighted by molar-refractivity contribution is 8.93. The first-order valence-corrected chi connectivity index (χ1v) is 2.99. The summed E-state index contributed by atoms with van der Waals surface area (Å²) in [7, 11) is 1.65. The normalized spacial score (nSPS) is 12.4. The predicted molar refractivity (Wildman–Crippen MR) is 45.6 cm³/mol. The molecule has 0 aromatic carbocycles. The number of likely N-dealkylation sites (N-methyl/N-ethyl adjacent to an activating group) is 1. The summed E-state index contributed by atoms with van der Waals surface area (Å²) in [5.74, 6) is -0.639. The van der Waals surface area contributed by atoms with Gasteiger partial charge < -0.3 is 10.4 Å². The van der Waals surface area contributed by atoms with Gasteiger partial charge >= 0.3 is 5.97 Å². The first kappa shape index (κ1) is 12.6. The number of aliphatic carboxylic acids is 1. The van der Waals surface area contributed by atoms with Gasteiger partial charge in [0, 0.05) is 0 Å². The standard InChI is InChI=1S/C6H13NO2.BrH/c1-4(2)5(7-3)6(8)9;/h4-5,7H,1-3H3,(H,8,9);1H/t5-;/m0./s1. The molecule has 0 radical (unpaired) electrons. The van der Waals surface area contributed by atoms with Crippen molar-refractivity contribution in [3.05, 3.63) is 0 Å². The smallest absolute Gasteiger partial charge is 0.320 e. The molecule has 10 heavy (non-hydrogen) atoms. The van der Waals surface area contributed by atoms with E-state index in [1.54, 1.807) is 7.05 Å². The molecule has 62 valence electrons. The van der Waals surface area contributed by atoms with Crippen LogP contribution in [0.5, 0.6) is 0 Å². The average molecular weight is 212 g/mol. The predicted octanol–water partition coefficient (Wildman–Crippen LogP) is 0.893. The maximum absolute atomic E-state index is 10.3. The minimum absolute atomic E-state index is 0. The lowest BCUT2D eigenvalue weighted by Crippen LogP contribution is -2.38. The maximum Gasteiger partial charge on any atom is 0.320 e. The van der Waals surface area contributed by atoms with Gasteiger partial charge in [-0.1, -0.05) is 13.8 Å². The van der Waals surface area contributed by atoms with E-state index in [0.717, 1.165) is 0 Å². The van der Waals surface area contributed by atoms with Gasteiger partial charge in [0.2, 0.25) is 0 Å². The molecule has 0 heterocycles. The van der Waals surface area contributed by atoms with E-state index in [2.05, 4.69) is 5.32 Å². The van der Waals surface area contributed by atoms with Crippen LogP contribution in [0.1, 0.15) is 13.8 Å². The van der Waals surface area contributed by atoms with Crippen LogP contribution in [0, 0.1) is 5.92 Å². The van der Waals surface area contributed by atoms with Gasteiger partial charge in [-0.2, -0.15) is 0 Å². The third-order valence-electron chi connectivity index (χ3n) is 1.24. The van der Waals surface area contributed by atoms with Gasteiger partial charge in [-0.3, -0.25) is 4.79 Å². The second kappa shape index (κ2) is 5.68. The van der Waals surface area contributed by atoms with Crippen molar-refractivity contribution in [2.24, 2.45) is 5.92 Å². The zero-order chi connectivity index (χ0) is 7.44. The van der Waals surface area contributed by atoms with Gasteiger partial charge in [-0.05, 0) is 13.0 Å². The van der Waals surface area contributed by atoms with Crippen LogP contribution in [0.3, 0.4) is 0 Å². The summed E-state index contributed by atoms with van der Waals surface area (Å²) in [4.78, 5) is 10.3. The third-order valence-corrected chi connectivity index (χ3v) is 1.24. The van der Waals surface area contributed by atoms with Crippen molar-refractivity contribution in [1.82, 2.24) is 5.32 Å². The Hall–Kier alpha value is -0.0900. The molecule has 0 saturated carbocycles. The fourth-order valence-corrected chi connectivity index (χ4v) is 0.742. The van der Waals surface area contributed by atoms with Crippen molar-refractivity contribution >= 4 is 23.0 Å². The first-order valence-electron chi connectivity index (χ1n) is 2.99. The van der Waals surface area contributed by atoms with Gasteiger partial charge in [0.05, 0.1) is 0 Å². The van der Waals surface area contributed by atoms with Crippen molar-refractivity contribution in [2.75, 3.05) is 7.05 Å². The Morgan fingerprint density at radius 2 is 1.90 bits per heavy atom. The van der Waals surface area contributed by atoms with Gasteiger partial charge in [0.25, 0.3) is 0 Å². The van der Waals surface area contributed by atoms with E-state index in [0.29, 0.717) is 0 Å². The highest BCUT2D eigenvalue weighted by Gasteiger charge is 2.17. The summed E-state index contributed by atoms with van der Waals surface area (Å²) in [5.41, 5.74) is 0. The molecular weight excluding hydrogens is 198 g/mol. The molecule has 0 amide bonds. The lowest BCUT2D eigenvalue weighted by molar-refractivity contribution is -0.140. The molecule has 4 heteroatoms. The first-order chi connectivity index (χ1) is 4.09. The Bertz CT molecular complexity index is 106. The molecule has 3 nitrogen and oxygen atoms in total. The second-order valence-electron chi connectivity index (χ2n) is 2.35. The SMILES string of the molecule is Br.CN[C@H](C(=O)O)C(C)C. The molecule has 0 aliphatic rings. The van der Waals surface area contributed by atoms with E-state index in [4.69, 9.17) is 5.11 Å². The number of nitrogens with one attached hydrogen (secondary N) is 1. The lowest BCUT2D eigenvalue weighted by atomic mass is 10.1. The number of rotatable bonds is 3. The minimum Gasteiger partial charge on any atom is -0.480 e. The quantitative estimate of drug-likeness (QED) is 0.730. The number of carboxylic acid groups (broad SMARTS) is 1. The Morgan fingerprint density at radius 3 is 1.90 bits per heavy atom. The van der Waals surface area contributed by atoms with E-state index in [-0.39, 0.29) is 22.9 Å². The molecule has 0 aromatic rings. The Morgan fingerprint density at radius 1 is 1.50 bits per heavy atom. The number of hydrogen-bond acceptors (Lipinski definition) is 2. The van der Waals surface area contributed by atoms with Crippen LogP contribution in [-0.4, -0.2) is 24.2 Å². The van der Waals surface area contributed by atoms with Gasteiger partial charge in [-0.25, -0.2) is 0 Å². The molecular formula is C6H14BrNO2. The number of carboxylic acids is 1. The molecule has 1 atom stereocenters. The van der Waals surface area contributed by atoms with Crippen LogP contribution in [0.4, 0.5) is 0 Å². The summed E-state index contributed by atoms with van der Waals surface area (Å²) in [6.07, 6.45) is 0. The topological polar surface area (TPSA) is 49.3 Å². The summed E-state index contributed by atoms with van der Waals surface area (Å²) in [5, 5.41) is 11.2. The van der Waals surface area contributed by atoms with Crippen molar-refractivity contribution in [1.29, 1.82) is 0 Å². The largest absolute Gasteiger partial charge is 0.480 e. The van der Waals surface area contributed by atoms with E-state index in [1.165, 1.54) is 0 Å². The molecule has 0 fully saturated rings. The molecule has 0 aromatic heterocycles. The molecule has 0 aliphatic carbocycles. The lowest BCUT2D eigenvalue weighted by Gasteiger charge is -2.13. The minimum atomic E-state index is -0.785. The highest BCUT2D eigenvalue weighted by atomic mass is 79.9. The molecule has 0 unspecified atom stereocenters. The number of hydrogen-bond donors (Lipinski definition) is 2. The van der Waals surface area contributed by atoms with Crippen molar-refractivity contribution in [3.63, 3.8) is 0 Å². The molecule has 0 saturated heterocycles. The van der Waals surface area contributed by atoms with E-state index in [9.17, 15) is 4.79 Å². The van der Waals surface area contributed by atoms with Crippen LogP contribution in [-0.2, 0) is 4.79 Å². The molecule has 0 spiro atoms. The van der Waals surface area contributed by atoms with E-state index >= 15 is 0 Å². The molecule has 2 N–H and O–H groups in total. The zero-order valence-corrected chi connectivity index (χ0v) is 8.13. The van der Waals surface area contributed by atoms with Crippen LogP contribution in [0.15, 0.2) is 0 Å². The Kier molecular flexibility index (Phi) is 7.14. The van der Waals surface area contributed by atoms with Crippen LogP contribution in [0.25, 0.3) is 0 Å². The highest BCUT2D eigenvalue weighted by Crippen LogP contribution is 1.99. The number of carbonyl (C=O) groups is 1. The Balaban J connectivity index is 0. The monoisotopic (exact) mass is 211 g/mol. The summed E-state index contributed by atoms with van der Waals surface area (Å²) >= 11 is 0. The molecule has 0 bridgehead atoms. The summed E-state index contributed by atoms with van der Waals surface area (Å²) in [6.45, 7) is 3.74. The van der Waals surface area contributed by atoms with E-state index in [1.807, 2.05) is 13.8 Å². The third kappa shape index (κ3) is 3.85. The van der Waals surface area contributed by atoms with Gasteiger partial charge in [-0.15, -0.1) is 17.0 Å². The second-order valence-corrected chi connectivity index (χ2v) is 2.35.